The second kappa shape index (κ2) is 4.55. The van der Waals surface area contributed by atoms with Crippen molar-refractivity contribution >= 4 is 5.91 Å². The van der Waals surface area contributed by atoms with Crippen LogP contribution in [0.15, 0.2) is 6.20 Å². The first-order chi connectivity index (χ1) is 9.70. The van der Waals surface area contributed by atoms with Crippen molar-refractivity contribution in [2.75, 3.05) is 13.1 Å². The second-order valence-corrected chi connectivity index (χ2v) is 6.56. The zero-order valence-corrected chi connectivity index (χ0v) is 11.8. The van der Waals surface area contributed by atoms with Gasteiger partial charge in [0.15, 0.2) is 5.69 Å². The highest BCUT2D eigenvalue weighted by atomic mass is 16.2. The molecule has 1 amide bonds. The highest BCUT2D eigenvalue weighted by molar-refractivity contribution is 5.92. The molecular formula is C14H21N5O. The van der Waals surface area contributed by atoms with Gasteiger partial charge in [0.25, 0.3) is 5.91 Å². The third-order valence-corrected chi connectivity index (χ3v) is 4.68. The van der Waals surface area contributed by atoms with Gasteiger partial charge in [0.2, 0.25) is 0 Å². The lowest BCUT2D eigenvalue weighted by atomic mass is 10.1. The van der Waals surface area contributed by atoms with Crippen molar-refractivity contribution in [3.05, 3.63) is 11.9 Å². The van der Waals surface area contributed by atoms with Crippen LogP contribution in [0.5, 0.6) is 0 Å². The summed E-state index contributed by atoms with van der Waals surface area (Å²) in [6.45, 7) is 4.30. The van der Waals surface area contributed by atoms with Crippen LogP contribution in [0.2, 0.25) is 0 Å². The molecular weight excluding hydrogens is 254 g/mol. The Hall–Kier alpha value is -1.43. The zero-order valence-electron chi connectivity index (χ0n) is 11.8. The monoisotopic (exact) mass is 275 g/mol. The van der Waals surface area contributed by atoms with Crippen LogP contribution in [-0.4, -0.2) is 51.0 Å². The van der Waals surface area contributed by atoms with Gasteiger partial charge < -0.3 is 5.32 Å². The summed E-state index contributed by atoms with van der Waals surface area (Å²) in [5.41, 5.74) is 0.453. The second-order valence-electron chi connectivity index (χ2n) is 6.56. The number of carbonyl (C=O) groups is 1. The predicted octanol–water partition coefficient (Wildman–Crippen LogP) is 0.825. The van der Waals surface area contributed by atoms with E-state index in [1.165, 1.54) is 12.8 Å². The van der Waals surface area contributed by atoms with Gasteiger partial charge in [0.1, 0.15) is 0 Å². The topological polar surface area (TPSA) is 63.1 Å². The Morgan fingerprint density at radius 1 is 1.25 bits per heavy atom. The van der Waals surface area contributed by atoms with Gasteiger partial charge in [0, 0.05) is 25.2 Å². The van der Waals surface area contributed by atoms with Crippen LogP contribution in [0, 0.1) is 5.92 Å². The minimum Gasteiger partial charge on any atom is -0.346 e. The van der Waals surface area contributed by atoms with Gasteiger partial charge >= 0.3 is 0 Å². The molecule has 20 heavy (non-hydrogen) atoms. The lowest BCUT2D eigenvalue weighted by molar-refractivity contribution is 0.0926. The first-order valence-corrected chi connectivity index (χ1v) is 7.67. The number of rotatable bonds is 4. The molecule has 3 aliphatic rings. The molecule has 6 nitrogen and oxygen atoms in total. The molecule has 1 aromatic heterocycles. The van der Waals surface area contributed by atoms with Gasteiger partial charge in [-0.05, 0) is 31.6 Å². The molecule has 0 spiro atoms. The van der Waals surface area contributed by atoms with E-state index < -0.39 is 0 Å². The van der Waals surface area contributed by atoms with Crippen molar-refractivity contribution in [2.24, 2.45) is 5.92 Å². The van der Waals surface area contributed by atoms with Gasteiger partial charge in [-0.3, -0.25) is 9.69 Å². The summed E-state index contributed by atoms with van der Waals surface area (Å²) >= 11 is 0. The van der Waals surface area contributed by atoms with Crippen LogP contribution in [0.4, 0.5) is 0 Å². The Kier molecular flexibility index (Phi) is 2.80. The van der Waals surface area contributed by atoms with Crippen molar-refractivity contribution in [3.63, 3.8) is 0 Å². The van der Waals surface area contributed by atoms with Gasteiger partial charge in [-0.1, -0.05) is 12.1 Å². The molecule has 2 atom stereocenters. The maximum absolute atomic E-state index is 12.2. The maximum atomic E-state index is 12.2. The molecule has 1 N–H and O–H groups in total. The van der Waals surface area contributed by atoms with Crippen LogP contribution in [0.3, 0.4) is 0 Å². The molecule has 108 valence electrons. The summed E-state index contributed by atoms with van der Waals surface area (Å²) in [6.07, 6.45) is 6.73. The molecule has 4 rings (SSSR count). The van der Waals surface area contributed by atoms with Crippen LogP contribution >= 0.6 is 0 Å². The third-order valence-electron chi connectivity index (χ3n) is 4.68. The third kappa shape index (κ3) is 2.32. The largest absolute Gasteiger partial charge is 0.346 e. The molecule has 0 radical (unpaired) electrons. The molecule has 2 saturated carbocycles. The lowest BCUT2D eigenvalue weighted by Gasteiger charge is -2.16. The fourth-order valence-electron chi connectivity index (χ4n) is 3.07. The van der Waals surface area contributed by atoms with Crippen molar-refractivity contribution in [2.45, 2.75) is 50.7 Å². The fraction of sp³-hybridized carbons (Fsp3) is 0.786. The molecule has 1 saturated heterocycles. The molecule has 1 aromatic rings. The number of hydrogen-bond acceptors (Lipinski definition) is 4. The molecule has 2 aliphatic carbocycles. The van der Waals surface area contributed by atoms with E-state index in [1.54, 1.807) is 6.20 Å². The molecule has 2 heterocycles. The number of nitrogens with zero attached hydrogens (tertiary/aromatic N) is 4. The van der Waals surface area contributed by atoms with E-state index in [1.807, 2.05) is 4.68 Å². The first-order valence-electron chi connectivity index (χ1n) is 7.67. The molecule has 0 bridgehead atoms. The maximum Gasteiger partial charge on any atom is 0.273 e. The molecule has 6 heteroatoms. The summed E-state index contributed by atoms with van der Waals surface area (Å²) in [4.78, 5) is 14.8. The standard InChI is InChI=1S/C14H21N5O/c1-9-6-18(10-2-3-10)7-12(9)15-14(20)13-8-19(17-16-13)11-4-5-11/h8-12H,2-7H2,1H3,(H,15,20)/t9-,12+/m1/s1. The van der Waals surface area contributed by atoms with Gasteiger partial charge in [0.05, 0.1) is 12.2 Å². The quantitative estimate of drug-likeness (QED) is 0.884. The Balaban J connectivity index is 1.38. The number of likely N-dealkylation sites (tertiary alicyclic amines) is 1. The lowest BCUT2D eigenvalue weighted by Crippen LogP contribution is -2.40. The fourth-order valence-corrected chi connectivity index (χ4v) is 3.07. The number of hydrogen-bond donors (Lipinski definition) is 1. The molecule has 0 unspecified atom stereocenters. The number of nitrogens with one attached hydrogen (secondary N) is 1. The van der Waals surface area contributed by atoms with E-state index in [4.69, 9.17) is 0 Å². The highest BCUT2D eigenvalue weighted by Gasteiger charge is 2.39. The minimum atomic E-state index is -0.0774. The van der Waals surface area contributed by atoms with Crippen LogP contribution in [0.1, 0.15) is 49.1 Å². The number of amides is 1. The first kappa shape index (κ1) is 12.3. The Labute approximate surface area is 118 Å². The Bertz CT molecular complexity index is 519. The van der Waals surface area contributed by atoms with Crippen molar-refractivity contribution < 1.29 is 4.79 Å². The van der Waals surface area contributed by atoms with E-state index in [0.29, 0.717) is 17.7 Å². The Morgan fingerprint density at radius 3 is 2.70 bits per heavy atom. The van der Waals surface area contributed by atoms with Crippen molar-refractivity contribution in [1.29, 1.82) is 0 Å². The smallest absolute Gasteiger partial charge is 0.273 e. The van der Waals surface area contributed by atoms with Crippen LogP contribution in [0.25, 0.3) is 0 Å². The van der Waals surface area contributed by atoms with E-state index in [2.05, 4.69) is 27.5 Å². The van der Waals surface area contributed by atoms with Crippen molar-refractivity contribution in [3.8, 4) is 0 Å². The van der Waals surface area contributed by atoms with E-state index >= 15 is 0 Å². The summed E-state index contributed by atoms with van der Waals surface area (Å²) in [6, 6.07) is 1.49. The highest BCUT2D eigenvalue weighted by Crippen LogP contribution is 2.34. The van der Waals surface area contributed by atoms with E-state index in [-0.39, 0.29) is 11.9 Å². The summed E-state index contributed by atoms with van der Waals surface area (Å²) in [7, 11) is 0. The summed E-state index contributed by atoms with van der Waals surface area (Å²) in [5, 5.41) is 11.2. The Morgan fingerprint density at radius 2 is 2.00 bits per heavy atom. The average Bonchev–Trinajstić information content (AvgIpc) is 3.36. The van der Waals surface area contributed by atoms with Crippen LogP contribution < -0.4 is 5.32 Å². The predicted molar refractivity (Wildman–Crippen MR) is 73.3 cm³/mol. The average molecular weight is 275 g/mol. The summed E-state index contributed by atoms with van der Waals surface area (Å²) in [5.74, 6) is 0.435. The van der Waals surface area contributed by atoms with Crippen molar-refractivity contribution in [1.82, 2.24) is 25.2 Å². The van der Waals surface area contributed by atoms with E-state index in [0.717, 1.165) is 32.0 Å². The minimum absolute atomic E-state index is 0.0774. The normalized spacial score (nSPS) is 30.6. The molecule has 0 aromatic carbocycles. The van der Waals surface area contributed by atoms with Gasteiger partial charge in [-0.2, -0.15) is 0 Å². The zero-order chi connectivity index (χ0) is 13.7. The van der Waals surface area contributed by atoms with Gasteiger partial charge in [-0.25, -0.2) is 4.68 Å². The SMILES string of the molecule is C[C@@H]1CN(C2CC2)C[C@@H]1NC(=O)c1cn(C2CC2)nn1. The molecule has 1 aliphatic heterocycles. The number of aromatic nitrogens is 3. The summed E-state index contributed by atoms with van der Waals surface area (Å²) < 4.78 is 1.82. The van der Waals surface area contributed by atoms with E-state index in [9.17, 15) is 4.79 Å². The van der Waals surface area contributed by atoms with Gasteiger partial charge in [-0.15, -0.1) is 5.10 Å². The van der Waals surface area contributed by atoms with Crippen LogP contribution in [-0.2, 0) is 0 Å². The molecule has 3 fully saturated rings. The number of carbonyl (C=O) groups excluding carboxylic acids is 1.